The van der Waals surface area contributed by atoms with Gasteiger partial charge in [0.15, 0.2) is 0 Å². The summed E-state index contributed by atoms with van der Waals surface area (Å²) in [7, 11) is 0. The lowest BCUT2D eigenvalue weighted by atomic mass is 10.2. The molecule has 0 atom stereocenters. The van der Waals surface area contributed by atoms with E-state index in [1.807, 2.05) is 0 Å². The maximum absolute atomic E-state index is 11.1. The first-order chi connectivity index (χ1) is 6.68. The van der Waals surface area contributed by atoms with E-state index in [1.165, 1.54) is 6.20 Å². The van der Waals surface area contributed by atoms with E-state index in [-0.39, 0.29) is 18.7 Å². The van der Waals surface area contributed by atoms with Gasteiger partial charge in [-0.25, -0.2) is 0 Å². The van der Waals surface area contributed by atoms with Gasteiger partial charge in [-0.15, -0.1) is 0 Å². The van der Waals surface area contributed by atoms with Crippen molar-refractivity contribution >= 4 is 17.7 Å². The molecular weight excluding hydrogens is 186 g/mol. The molecule has 1 aromatic rings. The maximum Gasteiger partial charge on any atom is 0.303 e. The van der Waals surface area contributed by atoms with Crippen LogP contribution in [0, 0.1) is 0 Å². The fraction of sp³-hybridized carbons (Fsp3) is 0.375. The third-order valence-corrected chi connectivity index (χ3v) is 1.57. The Kier molecular flexibility index (Phi) is 3.66. The number of aromatic nitrogens is 2. The SMILES string of the molecule is O=C(O)CCCC(=O)Nc1ccn[nH]1. The lowest BCUT2D eigenvalue weighted by molar-refractivity contribution is -0.137. The molecule has 1 aromatic heterocycles. The molecule has 0 aliphatic heterocycles. The highest BCUT2D eigenvalue weighted by Gasteiger charge is 2.04. The maximum atomic E-state index is 11.1. The molecule has 0 saturated carbocycles. The smallest absolute Gasteiger partial charge is 0.303 e. The zero-order valence-electron chi connectivity index (χ0n) is 7.49. The Balaban J connectivity index is 2.20. The van der Waals surface area contributed by atoms with E-state index in [0.29, 0.717) is 12.2 Å². The van der Waals surface area contributed by atoms with Crippen LogP contribution in [0.1, 0.15) is 19.3 Å². The number of carbonyl (C=O) groups excluding carboxylic acids is 1. The van der Waals surface area contributed by atoms with Gasteiger partial charge in [-0.1, -0.05) is 0 Å². The highest BCUT2D eigenvalue weighted by atomic mass is 16.4. The number of amides is 1. The number of aromatic amines is 1. The van der Waals surface area contributed by atoms with Gasteiger partial charge in [-0.05, 0) is 6.42 Å². The predicted molar refractivity (Wildman–Crippen MR) is 48.7 cm³/mol. The summed E-state index contributed by atoms with van der Waals surface area (Å²) in [4.78, 5) is 21.3. The molecule has 0 aromatic carbocycles. The molecule has 0 aliphatic carbocycles. The summed E-state index contributed by atoms with van der Waals surface area (Å²) in [5.74, 6) is -0.583. The van der Waals surface area contributed by atoms with Crippen molar-refractivity contribution in [3.05, 3.63) is 12.3 Å². The first-order valence-corrected chi connectivity index (χ1v) is 4.19. The fourth-order valence-corrected chi connectivity index (χ4v) is 0.938. The van der Waals surface area contributed by atoms with Crippen molar-refractivity contribution in [2.45, 2.75) is 19.3 Å². The molecule has 0 radical (unpaired) electrons. The van der Waals surface area contributed by atoms with Gasteiger partial charge in [-0.2, -0.15) is 5.10 Å². The van der Waals surface area contributed by atoms with E-state index in [4.69, 9.17) is 5.11 Å². The second-order valence-corrected chi connectivity index (χ2v) is 2.77. The Morgan fingerprint density at radius 3 is 2.86 bits per heavy atom. The van der Waals surface area contributed by atoms with Crippen LogP contribution in [0.15, 0.2) is 12.3 Å². The molecular formula is C8H11N3O3. The van der Waals surface area contributed by atoms with Gasteiger partial charge in [0.05, 0.1) is 6.20 Å². The zero-order valence-corrected chi connectivity index (χ0v) is 7.49. The van der Waals surface area contributed by atoms with E-state index < -0.39 is 5.97 Å². The number of carbonyl (C=O) groups is 2. The number of anilines is 1. The van der Waals surface area contributed by atoms with Crippen molar-refractivity contribution in [2.24, 2.45) is 0 Å². The van der Waals surface area contributed by atoms with Gasteiger partial charge in [-0.3, -0.25) is 14.7 Å². The molecule has 0 unspecified atom stereocenters. The van der Waals surface area contributed by atoms with Crippen molar-refractivity contribution in [2.75, 3.05) is 5.32 Å². The second kappa shape index (κ2) is 5.00. The highest BCUT2D eigenvalue weighted by molar-refractivity contribution is 5.89. The fourth-order valence-electron chi connectivity index (χ4n) is 0.938. The number of nitrogens with one attached hydrogen (secondary N) is 2. The van der Waals surface area contributed by atoms with Gasteiger partial charge in [0.2, 0.25) is 5.91 Å². The quantitative estimate of drug-likeness (QED) is 0.644. The monoisotopic (exact) mass is 197 g/mol. The first-order valence-electron chi connectivity index (χ1n) is 4.19. The topological polar surface area (TPSA) is 95.1 Å². The largest absolute Gasteiger partial charge is 0.481 e. The molecule has 0 aliphatic rings. The standard InChI is InChI=1S/C8H11N3O3/c12-7(2-1-3-8(13)14)10-6-4-5-9-11-6/h4-5H,1-3H2,(H,13,14)(H2,9,10,11,12). The second-order valence-electron chi connectivity index (χ2n) is 2.77. The van der Waals surface area contributed by atoms with E-state index >= 15 is 0 Å². The van der Waals surface area contributed by atoms with Gasteiger partial charge < -0.3 is 10.4 Å². The minimum Gasteiger partial charge on any atom is -0.481 e. The molecule has 14 heavy (non-hydrogen) atoms. The van der Waals surface area contributed by atoms with Crippen molar-refractivity contribution in [3.8, 4) is 0 Å². The van der Waals surface area contributed by atoms with E-state index in [0.717, 1.165) is 0 Å². The summed E-state index contributed by atoms with van der Waals surface area (Å²) in [6.45, 7) is 0. The molecule has 0 fully saturated rings. The Morgan fingerprint density at radius 2 is 2.29 bits per heavy atom. The van der Waals surface area contributed by atoms with E-state index in [1.54, 1.807) is 6.07 Å². The molecule has 1 heterocycles. The third kappa shape index (κ3) is 3.70. The van der Waals surface area contributed by atoms with Crippen LogP contribution in [0.5, 0.6) is 0 Å². The van der Waals surface area contributed by atoms with Crippen LogP contribution in [-0.2, 0) is 9.59 Å². The molecule has 76 valence electrons. The molecule has 3 N–H and O–H groups in total. The average molecular weight is 197 g/mol. The number of carboxylic acids is 1. The summed E-state index contributed by atoms with van der Waals surface area (Å²) >= 11 is 0. The van der Waals surface area contributed by atoms with Crippen LogP contribution in [0.2, 0.25) is 0 Å². The Bertz CT molecular complexity index is 308. The van der Waals surface area contributed by atoms with E-state index in [9.17, 15) is 9.59 Å². The molecule has 0 bridgehead atoms. The molecule has 0 spiro atoms. The minimum atomic E-state index is -0.889. The summed E-state index contributed by atoms with van der Waals surface area (Å²) in [5, 5.41) is 17.1. The predicted octanol–water partition coefficient (Wildman–Crippen LogP) is 0.603. The summed E-state index contributed by atoms with van der Waals surface area (Å²) in [6, 6.07) is 1.62. The van der Waals surface area contributed by atoms with Crippen molar-refractivity contribution < 1.29 is 14.7 Å². The van der Waals surface area contributed by atoms with E-state index in [2.05, 4.69) is 15.5 Å². The van der Waals surface area contributed by atoms with Crippen molar-refractivity contribution in [1.29, 1.82) is 0 Å². The summed E-state index contributed by atoms with van der Waals surface area (Å²) in [6.07, 6.45) is 2.07. The number of rotatable bonds is 5. The van der Waals surface area contributed by atoms with Crippen LogP contribution in [0.4, 0.5) is 5.82 Å². The number of hydrogen-bond donors (Lipinski definition) is 3. The van der Waals surface area contributed by atoms with Crippen molar-refractivity contribution in [3.63, 3.8) is 0 Å². The van der Waals surface area contributed by atoms with Gasteiger partial charge >= 0.3 is 5.97 Å². The number of H-pyrrole nitrogens is 1. The van der Waals surface area contributed by atoms with Crippen LogP contribution in [-0.4, -0.2) is 27.2 Å². The summed E-state index contributed by atoms with van der Waals surface area (Å²) in [5.41, 5.74) is 0. The zero-order chi connectivity index (χ0) is 10.4. The van der Waals surface area contributed by atoms with Crippen LogP contribution in [0.25, 0.3) is 0 Å². The van der Waals surface area contributed by atoms with Gasteiger partial charge in [0.1, 0.15) is 5.82 Å². The molecule has 1 amide bonds. The number of carboxylic acid groups (broad SMARTS) is 1. The number of aliphatic carboxylic acids is 1. The van der Waals surface area contributed by atoms with Gasteiger partial charge in [0.25, 0.3) is 0 Å². The first kappa shape index (κ1) is 10.2. The summed E-state index contributed by atoms with van der Waals surface area (Å²) < 4.78 is 0. The lowest BCUT2D eigenvalue weighted by Gasteiger charge is -2.00. The molecule has 1 rings (SSSR count). The highest BCUT2D eigenvalue weighted by Crippen LogP contribution is 2.02. The normalized spacial score (nSPS) is 9.71. The van der Waals surface area contributed by atoms with Crippen LogP contribution < -0.4 is 5.32 Å². The number of nitrogens with zero attached hydrogens (tertiary/aromatic N) is 1. The Labute approximate surface area is 80.3 Å². The molecule has 6 nitrogen and oxygen atoms in total. The van der Waals surface area contributed by atoms with Gasteiger partial charge in [0, 0.05) is 18.9 Å². The third-order valence-electron chi connectivity index (χ3n) is 1.57. The molecule has 6 heteroatoms. The van der Waals surface area contributed by atoms with Crippen LogP contribution >= 0.6 is 0 Å². The number of hydrogen-bond acceptors (Lipinski definition) is 3. The Morgan fingerprint density at radius 1 is 1.50 bits per heavy atom. The van der Waals surface area contributed by atoms with Crippen LogP contribution in [0.3, 0.4) is 0 Å². The Hall–Kier alpha value is -1.85. The van der Waals surface area contributed by atoms with Crippen molar-refractivity contribution in [1.82, 2.24) is 10.2 Å². The average Bonchev–Trinajstić information content (AvgIpc) is 2.56. The minimum absolute atomic E-state index is 0.0103. The lowest BCUT2D eigenvalue weighted by Crippen LogP contribution is -2.12. The molecule has 0 saturated heterocycles.